The van der Waals surface area contributed by atoms with E-state index in [0.717, 1.165) is 43.3 Å². The maximum Gasteiger partial charge on any atom is 0.125 e. The topological polar surface area (TPSA) is 37.3 Å². The number of rotatable bonds is 5. The molecule has 1 N–H and O–H groups in total. The summed E-state index contributed by atoms with van der Waals surface area (Å²) < 4.78 is 0. The van der Waals surface area contributed by atoms with Crippen molar-refractivity contribution in [3.63, 3.8) is 0 Å². The van der Waals surface area contributed by atoms with E-state index in [1.54, 1.807) is 11.1 Å². The van der Waals surface area contributed by atoms with Gasteiger partial charge in [-0.1, -0.05) is 43.6 Å². The number of hydrogen-bond acceptors (Lipinski definition) is 2. The van der Waals surface area contributed by atoms with Crippen LogP contribution < -0.4 is 0 Å². The summed E-state index contributed by atoms with van der Waals surface area (Å²) in [6.07, 6.45) is 15.1. The molecule has 0 radical (unpaired) electrons. The molecule has 2 saturated carbocycles. The highest BCUT2D eigenvalue weighted by Crippen LogP contribution is 2.66. The lowest BCUT2D eigenvalue weighted by atomic mass is 9.49. The molecule has 1 unspecified atom stereocenters. The SMILES string of the molecule is CC(C)=CCCC(C)[C@H]1CC[C@H]2C3=C(CC[C@]12C)[C@@]1(C)CC[C@H](O)[C@@H](C=O)[C@@H]1CC3. The van der Waals surface area contributed by atoms with Gasteiger partial charge in [0.15, 0.2) is 0 Å². The fourth-order valence-electron chi connectivity index (χ4n) is 8.61. The molecule has 0 spiro atoms. The van der Waals surface area contributed by atoms with E-state index in [0.29, 0.717) is 11.3 Å². The second-order valence-corrected chi connectivity index (χ2v) is 12.0. The van der Waals surface area contributed by atoms with Crippen molar-refractivity contribution < 1.29 is 9.90 Å². The Labute approximate surface area is 184 Å². The van der Waals surface area contributed by atoms with Gasteiger partial charge in [0.05, 0.1) is 6.10 Å². The highest BCUT2D eigenvalue weighted by Gasteiger charge is 2.57. The van der Waals surface area contributed by atoms with Gasteiger partial charge in [-0.25, -0.2) is 0 Å². The van der Waals surface area contributed by atoms with Crippen LogP contribution in [0.3, 0.4) is 0 Å². The smallest absolute Gasteiger partial charge is 0.125 e. The Morgan fingerprint density at radius 2 is 1.90 bits per heavy atom. The molecule has 30 heavy (non-hydrogen) atoms. The standard InChI is InChI=1S/C28H44O2/c1-18(2)7-6-8-19(3)22-11-12-23-20-9-10-24-21(17-29)26(30)14-16-28(24,5)25(20)13-15-27(22,23)4/h7,17,19,21-24,26,30H,6,8-16H2,1-5H3/t19?,21-,22+,23-,24-,26-,27+,28-/m0/s1. The second kappa shape index (κ2) is 8.23. The van der Waals surface area contributed by atoms with Crippen LogP contribution >= 0.6 is 0 Å². The van der Waals surface area contributed by atoms with Gasteiger partial charge in [0.25, 0.3) is 0 Å². The summed E-state index contributed by atoms with van der Waals surface area (Å²) in [4.78, 5) is 11.8. The maximum atomic E-state index is 11.8. The maximum absolute atomic E-state index is 11.8. The Kier molecular flexibility index (Phi) is 6.12. The van der Waals surface area contributed by atoms with E-state index >= 15 is 0 Å². The third-order valence-electron chi connectivity index (χ3n) is 10.3. The fraction of sp³-hybridized carbons (Fsp3) is 0.821. The largest absolute Gasteiger partial charge is 0.392 e. The van der Waals surface area contributed by atoms with Gasteiger partial charge in [-0.15, -0.1) is 0 Å². The molecular weight excluding hydrogens is 368 g/mol. The summed E-state index contributed by atoms with van der Waals surface area (Å²) in [6.45, 7) is 12.0. The number of aliphatic hydroxyl groups excluding tert-OH is 1. The van der Waals surface area contributed by atoms with Crippen LogP contribution in [-0.2, 0) is 4.79 Å². The number of carbonyl (C=O) groups is 1. The number of allylic oxidation sites excluding steroid dienone is 4. The molecule has 4 aliphatic carbocycles. The van der Waals surface area contributed by atoms with Crippen molar-refractivity contribution in [3.8, 4) is 0 Å². The summed E-state index contributed by atoms with van der Waals surface area (Å²) in [5.41, 5.74) is 5.57. The molecular formula is C28H44O2. The average molecular weight is 413 g/mol. The zero-order valence-corrected chi connectivity index (χ0v) is 20.0. The van der Waals surface area contributed by atoms with Gasteiger partial charge in [-0.05, 0) is 113 Å². The van der Waals surface area contributed by atoms with Crippen molar-refractivity contribution in [2.75, 3.05) is 0 Å². The molecule has 0 aliphatic heterocycles. The van der Waals surface area contributed by atoms with Crippen LogP contribution in [0, 0.1) is 40.4 Å². The number of carbonyl (C=O) groups excluding carboxylic acids is 1. The van der Waals surface area contributed by atoms with Gasteiger partial charge in [0.1, 0.15) is 6.29 Å². The zero-order valence-electron chi connectivity index (χ0n) is 20.0. The fourth-order valence-corrected chi connectivity index (χ4v) is 8.61. The van der Waals surface area contributed by atoms with E-state index in [4.69, 9.17) is 0 Å². The first-order valence-corrected chi connectivity index (χ1v) is 12.7. The van der Waals surface area contributed by atoms with Crippen molar-refractivity contribution in [1.82, 2.24) is 0 Å². The number of fused-ring (bicyclic) bond motifs is 4. The molecule has 0 saturated heterocycles. The molecule has 2 heteroatoms. The minimum Gasteiger partial charge on any atom is -0.392 e. The number of hydrogen-bond donors (Lipinski definition) is 1. The first kappa shape index (κ1) is 22.3. The highest BCUT2D eigenvalue weighted by molar-refractivity contribution is 5.57. The van der Waals surface area contributed by atoms with Crippen molar-refractivity contribution >= 4 is 6.29 Å². The van der Waals surface area contributed by atoms with Gasteiger partial charge in [-0.3, -0.25) is 0 Å². The van der Waals surface area contributed by atoms with E-state index in [-0.39, 0.29) is 11.3 Å². The first-order valence-electron chi connectivity index (χ1n) is 12.7. The molecule has 0 bridgehead atoms. The predicted molar refractivity (Wildman–Crippen MR) is 124 cm³/mol. The minimum absolute atomic E-state index is 0.146. The molecule has 0 aromatic heterocycles. The lowest BCUT2D eigenvalue weighted by Crippen LogP contribution is -2.50. The predicted octanol–water partition coefficient (Wildman–Crippen LogP) is 6.88. The summed E-state index contributed by atoms with van der Waals surface area (Å²) in [5.74, 6) is 2.61. The van der Waals surface area contributed by atoms with Crippen LogP contribution in [0.4, 0.5) is 0 Å². The van der Waals surface area contributed by atoms with Gasteiger partial charge in [0.2, 0.25) is 0 Å². The van der Waals surface area contributed by atoms with Crippen LogP contribution in [0.5, 0.6) is 0 Å². The number of aliphatic hydroxyl groups is 1. The Morgan fingerprint density at radius 1 is 1.13 bits per heavy atom. The van der Waals surface area contributed by atoms with Gasteiger partial charge in [0, 0.05) is 5.92 Å². The lowest BCUT2D eigenvalue weighted by Gasteiger charge is -2.56. The van der Waals surface area contributed by atoms with E-state index in [1.165, 1.54) is 50.5 Å². The molecule has 2 nitrogen and oxygen atoms in total. The highest BCUT2D eigenvalue weighted by atomic mass is 16.3. The number of aldehydes is 1. The van der Waals surface area contributed by atoms with E-state index in [1.807, 2.05) is 0 Å². The Morgan fingerprint density at radius 3 is 2.60 bits per heavy atom. The average Bonchev–Trinajstić information content (AvgIpc) is 3.05. The third-order valence-corrected chi connectivity index (χ3v) is 10.3. The van der Waals surface area contributed by atoms with Gasteiger partial charge < -0.3 is 9.90 Å². The van der Waals surface area contributed by atoms with E-state index in [9.17, 15) is 9.90 Å². The molecule has 0 heterocycles. The van der Waals surface area contributed by atoms with Gasteiger partial charge >= 0.3 is 0 Å². The molecule has 2 fully saturated rings. The van der Waals surface area contributed by atoms with Crippen molar-refractivity contribution in [3.05, 3.63) is 22.8 Å². The Hall–Kier alpha value is -0.890. The Bertz CT molecular complexity index is 729. The van der Waals surface area contributed by atoms with Crippen LogP contribution in [-0.4, -0.2) is 17.5 Å². The van der Waals surface area contributed by atoms with E-state index < -0.39 is 6.10 Å². The quantitative estimate of drug-likeness (QED) is 0.395. The Balaban J connectivity index is 1.58. The molecule has 0 aromatic carbocycles. The van der Waals surface area contributed by atoms with Gasteiger partial charge in [-0.2, -0.15) is 0 Å². The molecule has 0 amide bonds. The molecule has 168 valence electrons. The van der Waals surface area contributed by atoms with Crippen molar-refractivity contribution in [2.45, 2.75) is 105 Å². The van der Waals surface area contributed by atoms with Crippen molar-refractivity contribution in [2.24, 2.45) is 40.4 Å². The van der Waals surface area contributed by atoms with Crippen LogP contribution in [0.2, 0.25) is 0 Å². The lowest BCUT2D eigenvalue weighted by molar-refractivity contribution is -0.123. The minimum atomic E-state index is -0.422. The van der Waals surface area contributed by atoms with E-state index in [2.05, 4.69) is 40.7 Å². The summed E-state index contributed by atoms with van der Waals surface area (Å²) in [5, 5.41) is 10.5. The monoisotopic (exact) mass is 412 g/mol. The third kappa shape index (κ3) is 3.46. The summed E-state index contributed by atoms with van der Waals surface area (Å²) in [6, 6.07) is 0. The van der Waals surface area contributed by atoms with Crippen LogP contribution in [0.1, 0.15) is 98.8 Å². The normalized spacial score (nSPS) is 44.0. The first-order chi connectivity index (χ1) is 14.2. The molecule has 4 rings (SSSR count). The van der Waals surface area contributed by atoms with Crippen molar-refractivity contribution in [1.29, 1.82) is 0 Å². The van der Waals surface area contributed by atoms with Crippen LogP contribution in [0.25, 0.3) is 0 Å². The molecule has 8 atom stereocenters. The second-order valence-electron chi connectivity index (χ2n) is 12.0. The molecule has 4 aliphatic rings. The summed E-state index contributed by atoms with van der Waals surface area (Å²) >= 11 is 0. The molecule has 0 aromatic rings. The summed E-state index contributed by atoms with van der Waals surface area (Å²) in [7, 11) is 0. The zero-order chi connectivity index (χ0) is 21.7. The van der Waals surface area contributed by atoms with Crippen LogP contribution in [0.15, 0.2) is 22.8 Å².